The molecule has 0 saturated carbocycles. The maximum absolute atomic E-state index is 12.4. The fourth-order valence-electron chi connectivity index (χ4n) is 2.95. The second kappa shape index (κ2) is 6.50. The zero-order chi connectivity index (χ0) is 16.4. The Morgan fingerprint density at radius 3 is 2.65 bits per heavy atom. The first-order valence-electron chi connectivity index (χ1n) is 7.76. The van der Waals surface area contributed by atoms with Gasteiger partial charge < -0.3 is 16.0 Å². The molecule has 0 aromatic heterocycles. The van der Waals surface area contributed by atoms with Crippen LogP contribution in [0.1, 0.15) is 28.8 Å². The average Bonchev–Trinajstić information content (AvgIpc) is 3.04. The van der Waals surface area contributed by atoms with Crippen molar-refractivity contribution in [3.8, 4) is 0 Å². The highest BCUT2D eigenvalue weighted by molar-refractivity contribution is 6.31. The largest absolute Gasteiger partial charge is 0.397 e. The van der Waals surface area contributed by atoms with E-state index in [9.17, 15) is 4.79 Å². The number of nitrogen functional groups attached to an aromatic ring is 1. The zero-order valence-corrected chi connectivity index (χ0v) is 13.9. The SMILES string of the molecule is Cc1cc(N)c(NC(=O)c2cccc(Cl)c2)cc1N1CCCC1. The van der Waals surface area contributed by atoms with E-state index in [-0.39, 0.29) is 5.91 Å². The van der Waals surface area contributed by atoms with Gasteiger partial charge in [-0.2, -0.15) is 0 Å². The summed E-state index contributed by atoms with van der Waals surface area (Å²) in [5.74, 6) is -0.213. The molecule has 0 spiro atoms. The third-order valence-corrected chi connectivity index (χ3v) is 4.38. The first kappa shape index (κ1) is 15.7. The van der Waals surface area contributed by atoms with E-state index in [4.69, 9.17) is 17.3 Å². The predicted molar refractivity (Wildman–Crippen MR) is 96.4 cm³/mol. The Kier molecular flexibility index (Phi) is 4.44. The van der Waals surface area contributed by atoms with Gasteiger partial charge in [0.05, 0.1) is 11.4 Å². The van der Waals surface area contributed by atoms with Crippen molar-refractivity contribution in [3.63, 3.8) is 0 Å². The van der Waals surface area contributed by atoms with Crippen LogP contribution in [-0.4, -0.2) is 19.0 Å². The van der Waals surface area contributed by atoms with Crippen molar-refractivity contribution in [2.24, 2.45) is 0 Å². The summed E-state index contributed by atoms with van der Waals surface area (Å²) in [5, 5.41) is 3.43. The Bertz CT molecular complexity index is 739. The fourth-order valence-corrected chi connectivity index (χ4v) is 3.14. The fraction of sp³-hybridized carbons (Fsp3) is 0.278. The molecule has 1 amide bonds. The van der Waals surface area contributed by atoms with Crippen molar-refractivity contribution in [2.75, 3.05) is 29.0 Å². The first-order chi connectivity index (χ1) is 11.0. The third kappa shape index (κ3) is 3.42. The number of carbonyl (C=O) groups excluding carboxylic acids is 1. The predicted octanol–water partition coefficient (Wildman–Crippen LogP) is 4.08. The van der Waals surface area contributed by atoms with Crippen molar-refractivity contribution in [3.05, 3.63) is 52.5 Å². The summed E-state index contributed by atoms with van der Waals surface area (Å²) in [6, 6.07) is 10.8. The van der Waals surface area contributed by atoms with E-state index in [0.29, 0.717) is 22.0 Å². The highest BCUT2D eigenvalue weighted by Crippen LogP contribution is 2.32. The number of aryl methyl sites for hydroxylation is 1. The van der Waals surface area contributed by atoms with Gasteiger partial charge in [0, 0.05) is 29.4 Å². The lowest BCUT2D eigenvalue weighted by Crippen LogP contribution is -2.20. The van der Waals surface area contributed by atoms with E-state index in [0.717, 1.165) is 24.3 Å². The van der Waals surface area contributed by atoms with Gasteiger partial charge in [-0.25, -0.2) is 0 Å². The maximum Gasteiger partial charge on any atom is 0.255 e. The molecule has 1 aliphatic heterocycles. The van der Waals surface area contributed by atoms with E-state index in [1.807, 2.05) is 19.1 Å². The molecule has 1 heterocycles. The minimum Gasteiger partial charge on any atom is -0.397 e. The lowest BCUT2D eigenvalue weighted by Gasteiger charge is -2.22. The Hall–Kier alpha value is -2.20. The number of carbonyl (C=O) groups is 1. The van der Waals surface area contributed by atoms with Gasteiger partial charge in [-0.3, -0.25) is 4.79 Å². The molecule has 2 aromatic carbocycles. The Labute approximate surface area is 141 Å². The van der Waals surface area contributed by atoms with E-state index in [2.05, 4.69) is 10.2 Å². The molecule has 0 unspecified atom stereocenters. The molecule has 0 bridgehead atoms. The summed E-state index contributed by atoms with van der Waals surface area (Å²) in [6.45, 7) is 4.14. The molecule has 3 rings (SSSR count). The van der Waals surface area contributed by atoms with Gasteiger partial charge in [0.1, 0.15) is 0 Å². The van der Waals surface area contributed by atoms with Crippen molar-refractivity contribution in [2.45, 2.75) is 19.8 Å². The minimum absolute atomic E-state index is 0.213. The van der Waals surface area contributed by atoms with Crippen LogP contribution in [0.3, 0.4) is 0 Å². The molecule has 0 radical (unpaired) electrons. The number of nitrogens with zero attached hydrogens (tertiary/aromatic N) is 1. The number of hydrogen-bond donors (Lipinski definition) is 2. The van der Waals surface area contributed by atoms with Gasteiger partial charge in [0.25, 0.3) is 5.91 Å². The second-order valence-corrected chi connectivity index (χ2v) is 6.32. The molecule has 0 atom stereocenters. The van der Waals surface area contributed by atoms with Crippen LogP contribution in [0.15, 0.2) is 36.4 Å². The van der Waals surface area contributed by atoms with Crippen LogP contribution in [0.25, 0.3) is 0 Å². The topological polar surface area (TPSA) is 58.4 Å². The summed E-state index contributed by atoms with van der Waals surface area (Å²) in [6.07, 6.45) is 2.40. The Balaban J connectivity index is 1.87. The number of anilines is 3. The molecule has 1 fully saturated rings. The molecule has 120 valence electrons. The normalized spacial score (nSPS) is 14.1. The van der Waals surface area contributed by atoms with Crippen molar-refractivity contribution >= 4 is 34.6 Å². The van der Waals surface area contributed by atoms with Gasteiger partial charge >= 0.3 is 0 Å². The second-order valence-electron chi connectivity index (χ2n) is 5.88. The summed E-state index contributed by atoms with van der Waals surface area (Å²) in [5.41, 5.74) is 10.1. The standard InChI is InChI=1S/C18H20ClN3O/c1-12-9-15(20)16(11-17(12)22-7-2-3-8-22)21-18(23)13-5-4-6-14(19)10-13/h4-6,9-11H,2-3,7-8,20H2,1H3,(H,21,23). The lowest BCUT2D eigenvalue weighted by atomic mass is 10.1. The van der Waals surface area contributed by atoms with Gasteiger partial charge in [-0.05, 0) is 55.7 Å². The minimum atomic E-state index is -0.213. The molecule has 1 saturated heterocycles. The number of nitrogens with two attached hydrogens (primary N) is 1. The van der Waals surface area contributed by atoms with E-state index >= 15 is 0 Å². The van der Waals surface area contributed by atoms with E-state index in [1.165, 1.54) is 12.8 Å². The Morgan fingerprint density at radius 2 is 1.96 bits per heavy atom. The zero-order valence-electron chi connectivity index (χ0n) is 13.1. The summed E-state index contributed by atoms with van der Waals surface area (Å²) in [4.78, 5) is 14.7. The van der Waals surface area contributed by atoms with Crippen LogP contribution in [0.5, 0.6) is 0 Å². The van der Waals surface area contributed by atoms with Crippen LogP contribution >= 0.6 is 11.6 Å². The molecular weight excluding hydrogens is 310 g/mol. The van der Waals surface area contributed by atoms with Gasteiger partial charge in [0.15, 0.2) is 0 Å². The molecule has 5 heteroatoms. The number of halogens is 1. The highest BCUT2D eigenvalue weighted by atomic mass is 35.5. The quantitative estimate of drug-likeness (QED) is 0.834. The molecule has 23 heavy (non-hydrogen) atoms. The van der Waals surface area contributed by atoms with Crippen molar-refractivity contribution < 1.29 is 4.79 Å². The molecule has 3 N–H and O–H groups in total. The highest BCUT2D eigenvalue weighted by Gasteiger charge is 2.17. The summed E-state index contributed by atoms with van der Waals surface area (Å²) in [7, 11) is 0. The van der Waals surface area contributed by atoms with Crippen LogP contribution in [0, 0.1) is 6.92 Å². The molecule has 4 nitrogen and oxygen atoms in total. The van der Waals surface area contributed by atoms with Crippen LogP contribution in [0.2, 0.25) is 5.02 Å². The molecule has 2 aromatic rings. The van der Waals surface area contributed by atoms with E-state index < -0.39 is 0 Å². The van der Waals surface area contributed by atoms with Crippen LogP contribution in [0.4, 0.5) is 17.1 Å². The van der Waals surface area contributed by atoms with Gasteiger partial charge in [-0.15, -0.1) is 0 Å². The third-order valence-electron chi connectivity index (χ3n) is 4.15. The summed E-state index contributed by atoms with van der Waals surface area (Å²) < 4.78 is 0. The number of hydrogen-bond acceptors (Lipinski definition) is 3. The van der Waals surface area contributed by atoms with Crippen LogP contribution in [-0.2, 0) is 0 Å². The lowest BCUT2D eigenvalue weighted by molar-refractivity contribution is 0.102. The monoisotopic (exact) mass is 329 g/mol. The van der Waals surface area contributed by atoms with Gasteiger partial charge in [0.2, 0.25) is 0 Å². The molecular formula is C18H20ClN3O. The van der Waals surface area contributed by atoms with Crippen molar-refractivity contribution in [1.29, 1.82) is 0 Å². The Morgan fingerprint density at radius 1 is 1.22 bits per heavy atom. The average molecular weight is 330 g/mol. The van der Waals surface area contributed by atoms with Crippen LogP contribution < -0.4 is 16.0 Å². The van der Waals surface area contributed by atoms with E-state index in [1.54, 1.807) is 24.3 Å². The van der Waals surface area contributed by atoms with Crippen molar-refractivity contribution in [1.82, 2.24) is 0 Å². The maximum atomic E-state index is 12.4. The molecule has 1 aliphatic rings. The first-order valence-corrected chi connectivity index (χ1v) is 8.14. The number of amides is 1. The number of rotatable bonds is 3. The number of nitrogens with one attached hydrogen (secondary N) is 1. The molecule has 0 aliphatic carbocycles. The van der Waals surface area contributed by atoms with Gasteiger partial charge in [-0.1, -0.05) is 17.7 Å². The number of benzene rings is 2. The smallest absolute Gasteiger partial charge is 0.255 e. The summed E-state index contributed by atoms with van der Waals surface area (Å²) >= 11 is 5.94.